The second-order valence-electron chi connectivity index (χ2n) is 2.45. The Balaban J connectivity index is 2.27. The summed E-state index contributed by atoms with van der Waals surface area (Å²) in [6, 6.07) is 5.26. The molecule has 0 bridgehead atoms. The van der Waals surface area contributed by atoms with Crippen LogP contribution in [0.1, 0.15) is 17.4 Å². The molecule has 0 N–H and O–H groups in total. The number of furan rings is 1. The molecule has 2 aromatic rings. The van der Waals surface area contributed by atoms with Crippen molar-refractivity contribution < 1.29 is 9.52 Å². The summed E-state index contributed by atoms with van der Waals surface area (Å²) >= 11 is 1.52. The molecule has 3 heteroatoms. The third-order valence-corrected chi connectivity index (χ3v) is 2.35. The summed E-state index contributed by atoms with van der Waals surface area (Å²) < 4.78 is 5.01. The lowest BCUT2D eigenvalue weighted by Crippen LogP contribution is -2.14. The minimum absolute atomic E-state index is 0.480. The van der Waals surface area contributed by atoms with Gasteiger partial charge in [0.15, 0.2) is 0 Å². The first kappa shape index (κ1) is 7.58. The number of thiophene rings is 1. The average Bonchev–Trinajstić information content (AvgIpc) is 2.77. The van der Waals surface area contributed by atoms with Crippen LogP contribution in [0.2, 0.25) is 0 Å². The van der Waals surface area contributed by atoms with E-state index >= 15 is 0 Å². The fourth-order valence-electron chi connectivity index (χ4n) is 1.03. The Labute approximate surface area is 74.1 Å². The van der Waals surface area contributed by atoms with Crippen LogP contribution in [-0.4, -0.2) is 0 Å². The van der Waals surface area contributed by atoms with Gasteiger partial charge < -0.3 is 9.52 Å². The van der Waals surface area contributed by atoms with E-state index in [9.17, 15) is 5.11 Å². The normalized spacial score (nSPS) is 13.1. The molecule has 1 atom stereocenters. The summed E-state index contributed by atoms with van der Waals surface area (Å²) in [6.07, 6.45) is 0.651. The molecule has 2 heterocycles. The van der Waals surface area contributed by atoms with Crippen molar-refractivity contribution in [3.8, 4) is 0 Å². The van der Waals surface area contributed by atoms with Crippen LogP contribution in [0, 0.1) is 0 Å². The van der Waals surface area contributed by atoms with E-state index < -0.39 is 6.10 Å². The number of hydrogen-bond acceptors (Lipinski definition) is 3. The van der Waals surface area contributed by atoms with E-state index in [1.165, 1.54) is 17.6 Å². The van der Waals surface area contributed by atoms with Crippen LogP contribution in [0.25, 0.3) is 0 Å². The molecule has 1 unspecified atom stereocenters. The van der Waals surface area contributed by atoms with Gasteiger partial charge in [0.1, 0.15) is 0 Å². The lowest BCUT2D eigenvalue weighted by molar-refractivity contribution is -0.415. The van der Waals surface area contributed by atoms with Crippen LogP contribution in [0.4, 0.5) is 0 Å². The number of hydrogen-bond donors (Lipinski definition) is 0. The van der Waals surface area contributed by atoms with Crippen molar-refractivity contribution in [2.45, 2.75) is 6.10 Å². The van der Waals surface area contributed by atoms with Crippen molar-refractivity contribution in [1.82, 2.24) is 0 Å². The van der Waals surface area contributed by atoms with Gasteiger partial charge in [0.2, 0.25) is 0 Å². The molecule has 0 aliphatic rings. The molecule has 2 rings (SSSR count). The molecule has 0 aliphatic heterocycles. The zero-order valence-corrected chi connectivity index (χ0v) is 7.08. The van der Waals surface area contributed by atoms with Crippen molar-refractivity contribution in [3.63, 3.8) is 0 Å². The molecule has 2 aromatic heterocycles. The maximum absolute atomic E-state index is 11.6. The highest BCUT2D eigenvalue weighted by Crippen LogP contribution is 2.21. The highest BCUT2D eigenvalue weighted by molar-refractivity contribution is 7.07. The Morgan fingerprint density at radius 2 is 2.33 bits per heavy atom. The van der Waals surface area contributed by atoms with E-state index in [-0.39, 0.29) is 0 Å². The standard InChI is InChI=1S/C9H7O2S/c10-9(7-3-5-12-6-7)8-2-1-4-11-8/h1-6,9H/q-1. The Morgan fingerprint density at radius 1 is 1.42 bits per heavy atom. The van der Waals surface area contributed by atoms with Crippen molar-refractivity contribution in [3.05, 3.63) is 46.5 Å². The maximum Gasteiger partial charge on any atom is 0.0942 e. The third-order valence-electron chi connectivity index (χ3n) is 1.65. The molecule has 0 fully saturated rings. The highest BCUT2D eigenvalue weighted by Gasteiger charge is 2.03. The maximum atomic E-state index is 11.6. The lowest BCUT2D eigenvalue weighted by Gasteiger charge is -2.17. The second-order valence-corrected chi connectivity index (χ2v) is 3.23. The summed E-state index contributed by atoms with van der Waals surface area (Å²) in [5.41, 5.74) is 0.773. The molecule has 0 saturated heterocycles. The summed E-state index contributed by atoms with van der Waals surface area (Å²) in [7, 11) is 0. The molecule has 0 radical (unpaired) electrons. The second kappa shape index (κ2) is 3.13. The summed E-state index contributed by atoms with van der Waals surface area (Å²) in [5.74, 6) is 0.480. The quantitative estimate of drug-likeness (QED) is 0.704. The van der Waals surface area contributed by atoms with Gasteiger partial charge in [-0.2, -0.15) is 11.3 Å². The van der Waals surface area contributed by atoms with E-state index in [0.717, 1.165) is 5.56 Å². The zero-order chi connectivity index (χ0) is 8.39. The molecular formula is C9H7O2S-. The van der Waals surface area contributed by atoms with E-state index in [1.807, 2.05) is 16.8 Å². The van der Waals surface area contributed by atoms with Crippen LogP contribution in [0.15, 0.2) is 39.6 Å². The van der Waals surface area contributed by atoms with Crippen LogP contribution in [0.5, 0.6) is 0 Å². The van der Waals surface area contributed by atoms with Crippen molar-refractivity contribution in [1.29, 1.82) is 0 Å². The number of rotatable bonds is 2. The molecule has 0 aromatic carbocycles. The molecule has 12 heavy (non-hydrogen) atoms. The third kappa shape index (κ3) is 1.29. The molecule has 0 saturated carbocycles. The van der Waals surface area contributed by atoms with E-state index in [4.69, 9.17) is 4.42 Å². The van der Waals surface area contributed by atoms with Crippen molar-refractivity contribution in [2.24, 2.45) is 0 Å². The molecule has 0 aliphatic carbocycles. The largest absolute Gasteiger partial charge is 0.843 e. The minimum Gasteiger partial charge on any atom is -0.843 e. The van der Waals surface area contributed by atoms with Crippen molar-refractivity contribution in [2.75, 3.05) is 0 Å². The Morgan fingerprint density at radius 3 is 2.92 bits per heavy atom. The predicted molar refractivity (Wildman–Crippen MR) is 44.9 cm³/mol. The monoisotopic (exact) mass is 179 g/mol. The zero-order valence-electron chi connectivity index (χ0n) is 6.27. The highest BCUT2D eigenvalue weighted by atomic mass is 32.1. The van der Waals surface area contributed by atoms with Gasteiger partial charge in [-0.1, -0.05) is 0 Å². The van der Waals surface area contributed by atoms with Crippen molar-refractivity contribution >= 4 is 11.3 Å². The molecular weight excluding hydrogens is 172 g/mol. The van der Waals surface area contributed by atoms with Crippen LogP contribution in [0.3, 0.4) is 0 Å². The molecule has 0 spiro atoms. The van der Waals surface area contributed by atoms with E-state index in [0.29, 0.717) is 5.76 Å². The Bertz CT molecular complexity index is 289. The average molecular weight is 179 g/mol. The SMILES string of the molecule is [O-]C(c1ccsc1)c1ccco1. The predicted octanol–water partition coefficient (Wildman–Crippen LogP) is 1.79. The first-order chi connectivity index (χ1) is 5.88. The first-order valence-electron chi connectivity index (χ1n) is 3.59. The minimum atomic E-state index is -0.869. The molecule has 0 amide bonds. The first-order valence-corrected chi connectivity index (χ1v) is 4.53. The van der Waals surface area contributed by atoms with Gasteiger partial charge in [-0.25, -0.2) is 0 Å². The van der Waals surface area contributed by atoms with Gasteiger partial charge in [0.05, 0.1) is 12.0 Å². The fraction of sp³-hybridized carbons (Fsp3) is 0.111. The van der Waals surface area contributed by atoms with Gasteiger partial charge in [-0.15, -0.1) is 0 Å². The lowest BCUT2D eigenvalue weighted by atomic mass is 10.1. The van der Waals surface area contributed by atoms with E-state index in [1.54, 1.807) is 12.1 Å². The van der Waals surface area contributed by atoms with Crippen LogP contribution in [-0.2, 0) is 0 Å². The smallest absolute Gasteiger partial charge is 0.0942 e. The summed E-state index contributed by atoms with van der Waals surface area (Å²) in [6.45, 7) is 0. The Hall–Kier alpha value is -1.06. The van der Waals surface area contributed by atoms with Gasteiger partial charge >= 0.3 is 0 Å². The summed E-state index contributed by atoms with van der Waals surface area (Å²) in [5, 5.41) is 15.3. The van der Waals surface area contributed by atoms with Gasteiger partial charge in [-0.3, -0.25) is 0 Å². The Kier molecular flexibility index (Phi) is 1.98. The van der Waals surface area contributed by atoms with E-state index in [2.05, 4.69) is 0 Å². The topological polar surface area (TPSA) is 36.2 Å². The van der Waals surface area contributed by atoms with Crippen LogP contribution >= 0.6 is 11.3 Å². The van der Waals surface area contributed by atoms with Gasteiger partial charge in [0.25, 0.3) is 0 Å². The molecule has 62 valence electrons. The van der Waals surface area contributed by atoms with Gasteiger partial charge in [-0.05, 0) is 40.6 Å². The summed E-state index contributed by atoms with van der Waals surface area (Å²) in [4.78, 5) is 0. The van der Waals surface area contributed by atoms with Gasteiger partial charge in [0, 0.05) is 0 Å². The molecule has 2 nitrogen and oxygen atoms in total. The fourth-order valence-corrected chi connectivity index (χ4v) is 1.70. The van der Waals surface area contributed by atoms with Crippen LogP contribution < -0.4 is 5.11 Å².